The topological polar surface area (TPSA) is 88.1 Å². The van der Waals surface area contributed by atoms with Crippen LogP contribution in [0.2, 0.25) is 15.1 Å². The fourth-order valence-electron chi connectivity index (χ4n) is 2.28. The molecule has 0 amide bonds. The first-order chi connectivity index (χ1) is 13.4. The first-order valence-electron chi connectivity index (χ1n) is 7.72. The zero-order valence-corrected chi connectivity index (χ0v) is 17.3. The van der Waals surface area contributed by atoms with Crippen molar-refractivity contribution in [3.05, 3.63) is 61.9 Å². The third-order valence-electron chi connectivity index (χ3n) is 3.56. The molecule has 0 radical (unpaired) electrons. The van der Waals surface area contributed by atoms with Crippen molar-refractivity contribution in [1.82, 2.24) is 15.2 Å². The molecule has 0 unspecified atom stereocenters. The normalized spacial score (nSPS) is 11.5. The van der Waals surface area contributed by atoms with E-state index in [-0.39, 0.29) is 15.1 Å². The molecule has 0 aliphatic carbocycles. The summed E-state index contributed by atoms with van der Waals surface area (Å²) in [5.74, 6) is -0.197. The zero-order valence-electron chi connectivity index (χ0n) is 14.2. The molecule has 0 bridgehead atoms. The number of hydrogen-bond donors (Lipinski definition) is 2. The summed E-state index contributed by atoms with van der Waals surface area (Å²) in [7, 11) is 1.53. The van der Waals surface area contributed by atoms with Gasteiger partial charge in [-0.2, -0.15) is 0 Å². The number of carboxylic acids is 1. The van der Waals surface area contributed by atoms with Crippen LogP contribution >= 0.6 is 46.6 Å². The maximum absolute atomic E-state index is 11.7. The summed E-state index contributed by atoms with van der Waals surface area (Å²) in [5, 5.41) is 17.7. The van der Waals surface area contributed by atoms with E-state index in [2.05, 4.69) is 15.2 Å². The number of H-pyrrole nitrogens is 1. The number of aliphatic carboxylic acids is 1. The SMILES string of the molecule is COc1ccc(Cl)cc1-c1nc(S/C(=C\c2cccc(Cl)c2Cl)C(=O)O)n[nH]1. The van der Waals surface area contributed by atoms with E-state index in [4.69, 9.17) is 39.5 Å². The van der Waals surface area contributed by atoms with Crippen LogP contribution < -0.4 is 4.74 Å². The Morgan fingerprint density at radius 3 is 2.75 bits per heavy atom. The van der Waals surface area contributed by atoms with Gasteiger partial charge in [-0.1, -0.05) is 46.9 Å². The summed E-state index contributed by atoms with van der Waals surface area (Å²) < 4.78 is 5.30. The fourth-order valence-corrected chi connectivity index (χ4v) is 3.52. The van der Waals surface area contributed by atoms with Gasteiger partial charge in [0.05, 0.1) is 22.7 Å². The van der Waals surface area contributed by atoms with Gasteiger partial charge in [-0.05, 0) is 47.7 Å². The summed E-state index contributed by atoms with van der Waals surface area (Å²) in [5.41, 5.74) is 1.08. The summed E-state index contributed by atoms with van der Waals surface area (Å²) >= 11 is 19.0. The van der Waals surface area contributed by atoms with Crippen LogP contribution in [-0.2, 0) is 4.79 Å². The zero-order chi connectivity index (χ0) is 20.3. The number of carboxylic acid groups (broad SMARTS) is 1. The smallest absolute Gasteiger partial charge is 0.342 e. The predicted octanol–water partition coefficient (Wildman–Crippen LogP) is 5.66. The van der Waals surface area contributed by atoms with Crippen LogP contribution in [0.5, 0.6) is 5.75 Å². The number of thioether (sulfide) groups is 1. The number of nitrogens with zero attached hydrogens (tertiary/aromatic N) is 2. The molecule has 28 heavy (non-hydrogen) atoms. The average molecular weight is 457 g/mol. The molecule has 0 spiro atoms. The van der Waals surface area contributed by atoms with E-state index in [1.165, 1.54) is 13.2 Å². The standard InChI is InChI=1S/C18H12Cl3N3O3S/c1-27-13-6-5-10(19)8-11(13)16-22-18(24-23-16)28-14(17(25)26)7-9-3-2-4-12(20)15(9)21/h2-8H,1H3,(H,25,26)(H,22,23,24)/b14-7-. The number of ether oxygens (including phenoxy) is 1. The van der Waals surface area contributed by atoms with Crippen LogP contribution in [0.4, 0.5) is 0 Å². The lowest BCUT2D eigenvalue weighted by Crippen LogP contribution is -1.97. The number of halogens is 3. The highest BCUT2D eigenvalue weighted by atomic mass is 35.5. The van der Waals surface area contributed by atoms with Gasteiger partial charge in [-0.3, -0.25) is 5.10 Å². The molecule has 3 aromatic rings. The van der Waals surface area contributed by atoms with E-state index >= 15 is 0 Å². The van der Waals surface area contributed by atoms with Crippen LogP contribution in [0.1, 0.15) is 5.56 Å². The molecule has 0 saturated carbocycles. The number of carbonyl (C=O) groups is 1. The van der Waals surface area contributed by atoms with Gasteiger partial charge < -0.3 is 9.84 Å². The highest BCUT2D eigenvalue weighted by Gasteiger charge is 2.17. The minimum Gasteiger partial charge on any atom is -0.496 e. The van der Waals surface area contributed by atoms with Gasteiger partial charge >= 0.3 is 5.97 Å². The summed E-state index contributed by atoms with van der Waals surface area (Å²) in [6.45, 7) is 0. The van der Waals surface area contributed by atoms with E-state index in [0.717, 1.165) is 11.8 Å². The number of aromatic nitrogens is 3. The van der Waals surface area contributed by atoms with E-state index in [1.807, 2.05) is 0 Å². The minimum absolute atomic E-state index is 0.0206. The molecule has 6 nitrogen and oxygen atoms in total. The molecule has 0 saturated heterocycles. The Morgan fingerprint density at radius 2 is 2.04 bits per heavy atom. The summed E-state index contributed by atoms with van der Waals surface area (Å²) in [6.07, 6.45) is 1.41. The average Bonchev–Trinajstić information content (AvgIpc) is 3.13. The molecular weight excluding hydrogens is 445 g/mol. The van der Waals surface area contributed by atoms with Crippen LogP contribution in [-0.4, -0.2) is 33.4 Å². The highest BCUT2D eigenvalue weighted by Crippen LogP contribution is 2.34. The van der Waals surface area contributed by atoms with Crippen molar-refractivity contribution in [1.29, 1.82) is 0 Å². The van der Waals surface area contributed by atoms with E-state index in [9.17, 15) is 9.90 Å². The number of methoxy groups -OCH3 is 1. The number of benzene rings is 2. The first-order valence-corrected chi connectivity index (χ1v) is 9.67. The second-order valence-electron chi connectivity index (χ2n) is 5.37. The van der Waals surface area contributed by atoms with Crippen molar-refractivity contribution in [3.8, 4) is 17.1 Å². The molecule has 10 heteroatoms. The van der Waals surface area contributed by atoms with Crippen molar-refractivity contribution < 1.29 is 14.6 Å². The van der Waals surface area contributed by atoms with E-state index in [0.29, 0.717) is 32.7 Å². The van der Waals surface area contributed by atoms with Crippen molar-refractivity contribution >= 4 is 58.6 Å². The van der Waals surface area contributed by atoms with Crippen LogP contribution in [0, 0.1) is 0 Å². The maximum atomic E-state index is 11.7. The minimum atomic E-state index is -1.15. The van der Waals surface area contributed by atoms with Gasteiger partial charge in [0.2, 0.25) is 5.16 Å². The Hall–Kier alpha value is -2.19. The summed E-state index contributed by atoms with van der Waals surface area (Å²) in [6, 6.07) is 10.0. The number of hydrogen-bond acceptors (Lipinski definition) is 5. The summed E-state index contributed by atoms with van der Waals surface area (Å²) in [4.78, 5) is 16.0. The first kappa shape index (κ1) is 20.5. The maximum Gasteiger partial charge on any atom is 0.342 e. The van der Waals surface area contributed by atoms with Crippen LogP contribution in [0.3, 0.4) is 0 Å². The van der Waals surface area contributed by atoms with Gasteiger partial charge in [0, 0.05) is 5.02 Å². The highest BCUT2D eigenvalue weighted by molar-refractivity contribution is 8.04. The molecule has 3 rings (SSSR count). The lowest BCUT2D eigenvalue weighted by molar-refractivity contribution is -0.131. The lowest BCUT2D eigenvalue weighted by Gasteiger charge is -2.05. The largest absolute Gasteiger partial charge is 0.496 e. The molecular formula is C18H12Cl3N3O3S. The Balaban J connectivity index is 1.92. The molecule has 1 heterocycles. The second-order valence-corrected chi connectivity index (χ2v) is 7.60. The van der Waals surface area contributed by atoms with Gasteiger partial charge in [0.15, 0.2) is 5.82 Å². The Kier molecular flexibility index (Phi) is 6.51. The Labute approximate surface area is 179 Å². The van der Waals surface area contributed by atoms with E-state index < -0.39 is 5.97 Å². The Morgan fingerprint density at radius 1 is 1.25 bits per heavy atom. The van der Waals surface area contributed by atoms with Crippen LogP contribution in [0.25, 0.3) is 17.5 Å². The molecule has 0 aliphatic rings. The molecule has 2 N–H and O–H groups in total. The van der Waals surface area contributed by atoms with Crippen molar-refractivity contribution in [2.24, 2.45) is 0 Å². The molecule has 0 atom stereocenters. The molecule has 0 fully saturated rings. The van der Waals surface area contributed by atoms with E-state index in [1.54, 1.807) is 36.4 Å². The number of aromatic amines is 1. The fraction of sp³-hybridized carbons (Fsp3) is 0.0556. The van der Waals surface area contributed by atoms with Crippen molar-refractivity contribution in [2.75, 3.05) is 7.11 Å². The van der Waals surface area contributed by atoms with Gasteiger partial charge in [-0.25, -0.2) is 9.78 Å². The molecule has 144 valence electrons. The monoisotopic (exact) mass is 455 g/mol. The third-order valence-corrected chi connectivity index (χ3v) is 5.51. The van der Waals surface area contributed by atoms with Crippen molar-refractivity contribution in [3.63, 3.8) is 0 Å². The van der Waals surface area contributed by atoms with Gasteiger partial charge in [0.25, 0.3) is 0 Å². The molecule has 2 aromatic carbocycles. The van der Waals surface area contributed by atoms with Crippen LogP contribution in [0.15, 0.2) is 46.5 Å². The molecule has 1 aromatic heterocycles. The predicted molar refractivity (Wildman–Crippen MR) is 111 cm³/mol. The third kappa shape index (κ3) is 4.62. The number of rotatable bonds is 6. The second kappa shape index (κ2) is 8.87. The van der Waals surface area contributed by atoms with Gasteiger partial charge in [-0.15, -0.1) is 5.10 Å². The lowest BCUT2D eigenvalue weighted by atomic mass is 10.2. The van der Waals surface area contributed by atoms with Crippen molar-refractivity contribution in [2.45, 2.75) is 5.16 Å². The quantitative estimate of drug-likeness (QED) is 0.368. The number of nitrogens with one attached hydrogen (secondary N) is 1. The Bertz CT molecular complexity index is 1070. The van der Waals surface area contributed by atoms with Gasteiger partial charge in [0.1, 0.15) is 10.7 Å². The molecule has 0 aliphatic heterocycles.